The first-order valence-electron chi connectivity index (χ1n) is 11.3. The van der Waals surface area contributed by atoms with Crippen molar-refractivity contribution in [2.24, 2.45) is 0 Å². The molecule has 0 aliphatic carbocycles. The number of hydrogen-bond acceptors (Lipinski definition) is 6. The average molecular weight is 458 g/mol. The summed E-state index contributed by atoms with van der Waals surface area (Å²) >= 11 is 0. The molecule has 4 aromatic rings. The van der Waals surface area contributed by atoms with Crippen LogP contribution in [0.15, 0.2) is 55.0 Å². The van der Waals surface area contributed by atoms with E-state index in [1.54, 1.807) is 12.4 Å². The molecule has 6 rings (SSSR count). The number of fused-ring (bicyclic) bond motifs is 2. The molecule has 0 radical (unpaired) electrons. The molecular formula is C25H23FN6O2. The number of carbonyl (C=O) groups excluding carboxylic acids is 1. The number of piperidine rings is 1. The minimum atomic E-state index is -0.345. The summed E-state index contributed by atoms with van der Waals surface area (Å²) in [6, 6.07) is 10.5. The monoisotopic (exact) mass is 458 g/mol. The molecule has 0 atom stereocenters. The summed E-state index contributed by atoms with van der Waals surface area (Å²) in [5, 5.41) is 15.9. The lowest BCUT2D eigenvalue weighted by Gasteiger charge is -2.31. The number of amides is 1. The number of imidazole rings is 1. The van der Waals surface area contributed by atoms with E-state index < -0.39 is 0 Å². The van der Waals surface area contributed by atoms with Crippen LogP contribution in [0.5, 0.6) is 0 Å². The smallest absolute Gasteiger partial charge is 0.254 e. The van der Waals surface area contributed by atoms with Gasteiger partial charge in [0.25, 0.3) is 5.91 Å². The van der Waals surface area contributed by atoms with Crippen LogP contribution in [0.2, 0.25) is 0 Å². The number of aliphatic hydroxyl groups is 1. The predicted molar refractivity (Wildman–Crippen MR) is 127 cm³/mol. The Morgan fingerprint density at radius 2 is 1.94 bits per heavy atom. The molecule has 3 aromatic heterocycles. The maximum Gasteiger partial charge on any atom is 0.254 e. The zero-order valence-corrected chi connectivity index (χ0v) is 18.3. The lowest BCUT2D eigenvalue weighted by atomic mass is 9.99. The molecule has 1 amide bonds. The van der Waals surface area contributed by atoms with Crippen LogP contribution in [-0.2, 0) is 6.54 Å². The van der Waals surface area contributed by atoms with Crippen molar-refractivity contribution in [3.8, 4) is 11.3 Å². The Labute approximate surface area is 195 Å². The van der Waals surface area contributed by atoms with E-state index in [1.165, 1.54) is 12.1 Å². The van der Waals surface area contributed by atoms with E-state index >= 15 is 0 Å². The predicted octanol–water partition coefficient (Wildman–Crippen LogP) is 3.48. The van der Waals surface area contributed by atoms with Crippen molar-refractivity contribution in [3.63, 3.8) is 0 Å². The molecule has 34 heavy (non-hydrogen) atoms. The Kier molecular flexibility index (Phi) is 4.91. The first-order valence-corrected chi connectivity index (χ1v) is 11.3. The first kappa shape index (κ1) is 20.6. The molecule has 0 saturated carbocycles. The van der Waals surface area contributed by atoms with Crippen molar-refractivity contribution in [1.82, 2.24) is 19.7 Å². The second-order valence-electron chi connectivity index (χ2n) is 8.66. The van der Waals surface area contributed by atoms with Gasteiger partial charge in [0.1, 0.15) is 17.3 Å². The van der Waals surface area contributed by atoms with Crippen LogP contribution >= 0.6 is 0 Å². The third kappa shape index (κ3) is 3.54. The summed E-state index contributed by atoms with van der Waals surface area (Å²) in [7, 11) is 0. The van der Waals surface area contributed by atoms with Crippen molar-refractivity contribution in [3.05, 3.63) is 71.9 Å². The van der Waals surface area contributed by atoms with Crippen LogP contribution in [0.1, 0.15) is 28.8 Å². The second-order valence-corrected chi connectivity index (χ2v) is 8.66. The summed E-state index contributed by atoms with van der Waals surface area (Å²) in [5.74, 6) is 0.145. The van der Waals surface area contributed by atoms with Crippen molar-refractivity contribution in [1.29, 1.82) is 0 Å². The number of nitrogens with zero attached hydrogens (tertiary/aromatic N) is 4. The number of carbonyl (C=O) groups is 1. The fraction of sp³-hybridized carbons (Fsp3) is 0.240. The molecule has 2 aliphatic rings. The number of rotatable bonds is 4. The van der Waals surface area contributed by atoms with Crippen LogP contribution in [-0.4, -0.2) is 44.6 Å². The number of hydrogen-bond donors (Lipinski definition) is 3. The van der Waals surface area contributed by atoms with Gasteiger partial charge in [-0.15, -0.1) is 0 Å². The van der Waals surface area contributed by atoms with Gasteiger partial charge in [-0.3, -0.25) is 9.20 Å². The molecule has 9 heteroatoms. The van der Waals surface area contributed by atoms with Crippen LogP contribution in [0.25, 0.3) is 16.9 Å². The molecule has 8 nitrogen and oxygen atoms in total. The van der Waals surface area contributed by atoms with E-state index in [2.05, 4.69) is 25.5 Å². The fourth-order valence-corrected chi connectivity index (χ4v) is 4.76. The first-order chi connectivity index (χ1) is 16.6. The van der Waals surface area contributed by atoms with Crippen molar-refractivity contribution in [2.45, 2.75) is 25.5 Å². The summed E-state index contributed by atoms with van der Waals surface area (Å²) < 4.78 is 15.4. The van der Waals surface area contributed by atoms with E-state index in [0.29, 0.717) is 29.3 Å². The van der Waals surface area contributed by atoms with Gasteiger partial charge < -0.3 is 20.6 Å². The van der Waals surface area contributed by atoms with E-state index in [9.17, 15) is 14.3 Å². The Bertz CT molecular complexity index is 1390. The van der Waals surface area contributed by atoms with Crippen molar-refractivity contribution in [2.75, 3.05) is 23.3 Å². The quantitative estimate of drug-likeness (QED) is 0.434. The summed E-state index contributed by atoms with van der Waals surface area (Å²) in [4.78, 5) is 23.8. The third-order valence-electron chi connectivity index (χ3n) is 6.56. The highest BCUT2D eigenvalue weighted by atomic mass is 19.1. The largest absolute Gasteiger partial charge is 0.393 e. The topological polar surface area (TPSA) is 94.8 Å². The summed E-state index contributed by atoms with van der Waals surface area (Å²) in [6.07, 6.45) is 6.45. The normalized spacial score (nSPS) is 16.1. The van der Waals surface area contributed by atoms with Crippen LogP contribution in [0, 0.1) is 5.82 Å². The zero-order chi connectivity index (χ0) is 23.2. The molecule has 0 spiro atoms. The van der Waals surface area contributed by atoms with Gasteiger partial charge in [-0.1, -0.05) is 6.07 Å². The standard InChI is InChI=1S/C25H23FN6O2/c26-15-5-10-32-21(14-28-23(32)11-15)18-2-3-20(24-19(18)13-29-25(24)34)30-22-4-1-16(12-27-22)31-8-6-17(33)7-9-31/h1-5,10-12,14,17,33H,6-9,13H2,(H,27,30)(H,29,34). The van der Waals surface area contributed by atoms with Gasteiger partial charge in [0, 0.05) is 37.5 Å². The molecule has 1 fully saturated rings. The highest BCUT2D eigenvalue weighted by molar-refractivity contribution is 6.06. The lowest BCUT2D eigenvalue weighted by molar-refractivity contribution is 0.0966. The van der Waals surface area contributed by atoms with Gasteiger partial charge >= 0.3 is 0 Å². The Morgan fingerprint density at radius 1 is 1.09 bits per heavy atom. The van der Waals surface area contributed by atoms with Crippen molar-refractivity contribution >= 4 is 28.7 Å². The Balaban J connectivity index is 1.31. The number of aliphatic hydroxyl groups excluding tert-OH is 1. The molecular weight excluding hydrogens is 435 g/mol. The van der Waals surface area contributed by atoms with Gasteiger partial charge in [-0.05, 0) is 42.7 Å². The number of anilines is 3. The maximum absolute atomic E-state index is 13.6. The molecule has 5 heterocycles. The van der Waals surface area contributed by atoms with E-state index in [1.807, 2.05) is 34.9 Å². The summed E-state index contributed by atoms with van der Waals surface area (Å²) in [6.45, 7) is 2.02. The molecule has 172 valence electrons. The Morgan fingerprint density at radius 3 is 2.74 bits per heavy atom. The van der Waals surface area contributed by atoms with E-state index in [4.69, 9.17) is 0 Å². The Hall–Kier alpha value is -3.98. The minimum absolute atomic E-state index is 0.150. The number of pyridine rings is 2. The van der Waals surface area contributed by atoms with Gasteiger partial charge in [0.15, 0.2) is 0 Å². The molecule has 3 N–H and O–H groups in total. The minimum Gasteiger partial charge on any atom is -0.393 e. The van der Waals surface area contributed by atoms with E-state index in [0.717, 1.165) is 48.4 Å². The van der Waals surface area contributed by atoms with Crippen LogP contribution < -0.4 is 15.5 Å². The van der Waals surface area contributed by atoms with Gasteiger partial charge in [-0.2, -0.15) is 0 Å². The molecule has 1 aromatic carbocycles. The highest BCUT2D eigenvalue weighted by Crippen LogP contribution is 2.35. The number of halogens is 1. The highest BCUT2D eigenvalue weighted by Gasteiger charge is 2.27. The zero-order valence-electron chi connectivity index (χ0n) is 18.3. The average Bonchev–Trinajstić information content (AvgIpc) is 3.44. The van der Waals surface area contributed by atoms with Gasteiger partial charge in [0.05, 0.1) is 41.1 Å². The molecule has 2 aliphatic heterocycles. The molecule has 0 bridgehead atoms. The molecule has 1 saturated heterocycles. The van der Waals surface area contributed by atoms with Gasteiger partial charge in [0.2, 0.25) is 0 Å². The lowest BCUT2D eigenvalue weighted by Crippen LogP contribution is -2.35. The number of nitrogens with one attached hydrogen (secondary N) is 2. The SMILES string of the molecule is O=C1NCc2c(-c3cnc4cc(F)ccn34)ccc(Nc3ccc(N4CCC(O)CC4)cn3)c21. The van der Waals surface area contributed by atoms with E-state index in [-0.39, 0.29) is 17.8 Å². The summed E-state index contributed by atoms with van der Waals surface area (Å²) in [5.41, 5.74) is 5.30. The third-order valence-corrected chi connectivity index (χ3v) is 6.56. The second kappa shape index (κ2) is 8.11. The van der Waals surface area contributed by atoms with Crippen LogP contribution in [0.3, 0.4) is 0 Å². The fourth-order valence-electron chi connectivity index (χ4n) is 4.76. The maximum atomic E-state index is 13.6. The van der Waals surface area contributed by atoms with Crippen LogP contribution in [0.4, 0.5) is 21.6 Å². The molecule has 0 unspecified atom stereocenters. The number of aromatic nitrogens is 3. The van der Waals surface area contributed by atoms with Gasteiger partial charge in [-0.25, -0.2) is 14.4 Å². The number of benzene rings is 1. The van der Waals surface area contributed by atoms with Crippen molar-refractivity contribution < 1.29 is 14.3 Å².